The van der Waals surface area contributed by atoms with Gasteiger partial charge in [0.25, 0.3) is 0 Å². The molecule has 7 atom stereocenters. The van der Waals surface area contributed by atoms with Crippen LogP contribution in [0.25, 0.3) is 0 Å². The van der Waals surface area contributed by atoms with Crippen LogP contribution in [0.1, 0.15) is 97.3 Å². The highest BCUT2D eigenvalue weighted by Crippen LogP contribution is 2.67. The van der Waals surface area contributed by atoms with Crippen molar-refractivity contribution in [2.75, 3.05) is 0 Å². The van der Waals surface area contributed by atoms with Gasteiger partial charge in [0.1, 0.15) is 0 Å². The Morgan fingerprint density at radius 3 is 2.52 bits per heavy atom. The van der Waals surface area contributed by atoms with E-state index in [2.05, 4.69) is 13.8 Å². The smallest absolute Gasteiger partial charge is 0.303 e. The summed E-state index contributed by atoms with van der Waals surface area (Å²) >= 11 is 0. The summed E-state index contributed by atoms with van der Waals surface area (Å²) in [5.74, 6) is 4.08. The van der Waals surface area contributed by atoms with E-state index in [1.54, 1.807) is 0 Å². The number of carbonyl (C=O) groups is 1. The second-order valence-electron chi connectivity index (χ2n) is 10.5. The second-order valence-corrected chi connectivity index (χ2v) is 10.5. The molecule has 0 bridgehead atoms. The highest BCUT2D eigenvalue weighted by molar-refractivity contribution is 5.66. The van der Waals surface area contributed by atoms with E-state index < -0.39 is 5.97 Å². The molecule has 2 heteroatoms. The van der Waals surface area contributed by atoms with Gasteiger partial charge >= 0.3 is 5.97 Å². The van der Waals surface area contributed by atoms with Gasteiger partial charge < -0.3 is 5.11 Å². The Bertz CT molecular complexity index is 514. The van der Waals surface area contributed by atoms with E-state index in [1.807, 2.05) is 0 Å². The van der Waals surface area contributed by atoms with Crippen molar-refractivity contribution in [2.24, 2.45) is 40.4 Å². The van der Waals surface area contributed by atoms with Crippen molar-refractivity contribution >= 4 is 5.97 Å². The Kier molecular flexibility index (Phi) is 4.69. The van der Waals surface area contributed by atoms with Gasteiger partial charge in [-0.15, -0.1) is 0 Å². The lowest BCUT2D eigenvalue weighted by atomic mass is 9.45. The summed E-state index contributed by atoms with van der Waals surface area (Å²) in [6, 6.07) is 0. The minimum absolute atomic E-state index is 0.364. The molecule has 4 saturated carbocycles. The van der Waals surface area contributed by atoms with Crippen LogP contribution in [0.3, 0.4) is 0 Å². The molecule has 0 spiro atoms. The zero-order valence-electron chi connectivity index (χ0n) is 16.4. The number of carboxylic acids is 1. The molecule has 0 aliphatic heterocycles. The summed E-state index contributed by atoms with van der Waals surface area (Å²) in [7, 11) is 0. The number of aliphatic carboxylic acids is 1. The lowest BCUT2D eigenvalue weighted by Crippen LogP contribution is -2.52. The summed E-state index contributed by atoms with van der Waals surface area (Å²) < 4.78 is 0. The fourth-order valence-electron chi connectivity index (χ4n) is 8.38. The maximum atomic E-state index is 10.9. The molecule has 4 fully saturated rings. The molecule has 4 aliphatic rings. The Labute approximate surface area is 154 Å². The topological polar surface area (TPSA) is 37.3 Å². The first-order valence-corrected chi connectivity index (χ1v) is 11.2. The number of hydrogen-bond acceptors (Lipinski definition) is 1. The summed E-state index contributed by atoms with van der Waals surface area (Å²) in [5, 5.41) is 8.98. The zero-order valence-corrected chi connectivity index (χ0v) is 16.4. The Morgan fingerprint density at radius 1 is 0.920 bits per heavy atom. The lowest BCUT2D eigenvalue weighted by Gasteiger charge is -2.60. The van der Waals surface area contributed by atoms with Gasteiger partial charge in [0, 0.05) is 6.42 Å². The fraction of sp³-hybridized carbons (Fsp3) is 0.957. The molecule has 0 radical (unpaired) electrons. The molecule has 2 nitrogen and oxygen atoms in total. The normalized spacial score (nSPS) is 49.1. The summed E-state index contributed by atoms with van der Waals surface area (Å²) in [5.41, 5.74) is 1.15. The van der Waals surface area contributed by atoms with Gasteiger partial charge in [-0.3, -0.25) is 4.79 Å². The van der Waals surface area contributed by atoms with Crippen molar-refractivity contribution in [1.29, 1.82) is 0 Å². The quantitative estimate of drug-likeness (QED) is 0.649. The number of fused-ring (bicyclic) bond motifs is 5. The summed E-state index contributed by atoms with van der Waals surface area (Å²) in [4.78, 5) is 10.9. The molecule has 1 unspecified atom stereocenters. The largest absolute Gasteiger partial charge is 0.481 e. The first-order chi connectivity index (χ1) is 11.9. The maximum Gasteiger partial charge on any atom is 0.303 e. The minimum Gasteiger partial charge on any atom is -0.481 e. The van der Waals surface area contributed by atoms with Crippen molar-refractivity contribution in [1.82, 2.24) is 0 Å². The molecule has 0 aromatic heterocycles. The summed E-state index contributed by atoms with van der Waals surface area (Å²) in [6.07, 6.45) is 17.0. The van der Waals surface area contributed by atoms with E-state index in [9.17, 15) is 4.79 Å². The van der Waals surface area contributed by atoms with Gasteiger partial charge in [-0.1, -0.05) is 26.7 Å². The molecule has 0 heterocycles. The lowest BCUT2D eigenvalue weighted by molar-refractivity contribution is -0.137. The van der Waals surface area contributed by atoms with E-state index in [0.29, 0.717) is 17.3 Å². The van der Waals surface area contributed by atoms with Crippen LogP contribution < -0.4 is 0 Å². The van der Waals surface area contributed by atoms with E-state index in [-0.39, 0.29) is 0 Å². The van der Waals surface area contributed by atoms with E-state index in [1.165, 1.54) is 64.2 Å². The van der Waals surface area contributed by atoms with E-state index in [4.69, 9.17) is 5.11 Å². The third kappa shape index (κ3) is 2.86. The van der Waals surface area contributed by atoms with E-state index in [0.717, 1.165) is 42.4 Å². The molecule has 0 saturated heterocycles. The first-order valence-electron chi connectivity index (χ1n) is 11.2. The number of hydrogen-bond donors (Lipinski definition) is 1. The average Bonchev–Trinajstić information content (AvgIpc) is 2.91. The number of rotatable bonds is 4. The van der Waals surface area contributed by atoms with Crippen LogP contribution in [0.2, 0.25) is 0 Å². The highest BCUT2D eigenvalue weighted by atomic mass is 16.4. The Morgan fingerprint density at radius 2 is 1.72 bits per heavy atom. The second kappa shape index (κ2) is 6.57. The predicted molar refractivity (Wildman–Crippen MR) is 101 cm³/mol. The zero-order chi connectivity index (χ0) is 17.7. The first kappa shape index (κ1) is 17.9. The molecule has 0 aromatic rings. The van der Waals surface area contributed by atoms with Crippen LogP contribution in [-0.2, 0) is 4.79 Å². The van der Waals surface area contributed by atoms with Gasteiger partial charge in [0.05, 0.1) is 0 Å². The highest BCUT2D eigenvalue weighted by Gasteiger charge is 2.59. The molecule has 142 valence electrons. The Hall–Kier alpha value is -0.530. The SMILES string of the molecule is C[C@]12CC[C@H]3[C@@H](CCC4CCCC[C@@]43C)[C@@H]1CC[C@@H]2CCCC(=O)O. The molecule has 1 N–H and O–H groups in total. The summed E-state index contributed by atoms with van der Waals surface area (Å²) in [6.45, 7) is 5.25. The molecule has 25 heavy (non-hydrogen) atoms. The van der Waals surface area contributed by atoms with Gasteiger partial charge in [-0.2, -0.15) is 0 Å². The van der Waals surface area contributed by atoms with Crippen molar-refractivity contribution in [3.8, 4) is 0 Å². The molecule has 0 amide bonds. The third-order valence-corrected chi connectivity index (χ3v) is 9.72. The van der Waals surface area contributed by atoms with Crippen LogP contribution in [0.5, 0.6) is 0 Å². The molecule has 4 aliphatic carbocycles. The van der Waals surface area contributed by atoms with Crippen molar-refractivity contribution in [3.63, 3.8) is 0 Å². The molecule has 0 aromatic carbocycles. The van der Waals surface area contributed by atoms with Gasteiger partial charge in [-0.25, -0.2) is 0 Å². The van der Waals surface area contributed by atoms with Crippen LogP contribution in [0, 0.1) is 40.4 Å². The maximum absolute atomic E-state index is 10.9. The standard InChI is InChI=1S/C23H38O2/c1-22-14-4-3-6-16(22)9-11-18-19-12-10-17(7-5-8-21(24)25)23(19,2)15-13-20(18)22/h16-20H,3-15H2,1-2H3,(H,24,25)/t16?,17-,18-,19-,20-,22-,23+/m0/s1. The minimum atomic E-state index is -0.619. The third-order valence-electron chi connectivity index (χ3n) is 9.72. The van der Waals surface area contributed by atoms with Crippen molar-refractivity contribution < 1.29 is 9.90 Å². The monoisotopic (exact) mass is 346 g/mol. The number of carboxylic acid groups (broad SMARTS) is 1. The van der Waals surface area contributed by atoms with Gasteiger partial charge in [0.2, 0.25) is 0 Å². The Balaban J connectivity index is 1.48. The van der Waals surface area contributed by atoms with Crippen LogP contribution >= 0.6 is 0 Å². The molecular formula is C23H38O2. The van der Waals surface area contributed by atoms with Crippen LogP contribution in [-0.4, -0.2) is 11.1 Å². The molecule has 4 rings (SSSR count). The van der Waals surface area contributed by atoms with Crippen LogP contribution in [0.4, 0.5) is 0 Å². The van der Waals surface area contributed by atoms with Gasteiger partial charge in [-0.05, 0) is 105 Å². The molecular weight excluding hydrogens is 308 g/mol. The fourth-order valence-corrected chi connectivity index (χ4v) is 8.38. The van der Waals surface area contributed by atoms with Crippen molar-refractivity contribution in [2.45, 2.75) is 97.3 Å². The van der Waals surface area contributed by atoms with Crippen LogP contribution in [0.15, 0.2) is 0 Å². The van der Waals surface area contributed by atoms with Gasteiger partial charge in [0.15, 0.2) is 0 Å². The average molecular weight is 347 g/mol. The van der Waals surface area contributed by atoms with E-state index >= 15 is 0 Å². The van der Waals surface area contributed by atoms with Crippen molar-refractivity contribution in [3.05, 3.63) is 0 Å². The predicted octanol–water partition coefficient (Wildman–Crippen LogP) is 6.29.